The minimum Gasteiger partial charge on any atom is -0.481 e. The van der Waals surface area contributed by atoms with Crippen molar-refractivity contribution < 1.29 is 25.2 Å². The highest BCUT2D eigenvalue weighted by Gasteiger charge is 2.56. The van der Waals surface area contributed by atoms with Crippen LogP contribution in [0, 0.1) is 47.3 Å². The molecule has 4 rings (SSSR count). The van der Waals surface area contributed by atoms with Crippen molar-refractivity contribution in [3.63, 3.8) is 0 Å². The molecule has 8 heteroatoms. The predicted octanol–water partition coefficient (Wildman–Crippen LogP) is 5.20. The number of hydrogen-bond donors (Lipinski definition) is 7. The molecule has 8 nitrogen and oxygen atoms in total. The summed E-state index contributed by atoms with van der Waals surface area (Å²) in [6.45, 7) is 7.10. The SMILES string of the molecule is CCCCC[C@H]1C=C[C@@H](CCCCC[C@H](C(=O)O)[C@H](O)[C@H]2CC[C@@H]3[C@H](CC4CCNC(N)C4)[C@@H](CNCC)C[C@@]3(O)C2)[C@H](O)C1. The summed E-state index contributed by atoms with van der Waals surface area (Å²) in [5.41, 5.74) is 5.39. The van der Waals surface area contributed by atoms with Gasteiger partial charge in [0, 0.05) is 5.92 Å². The zero-order valence-corrected chi connectivity index (χ0v) is 28.4. The molecule has 0 amide bonds. The van der Waals surface area contributed by atoms with Crippen LogP contribution in [0.4, 0.5) is 0 Å². The summed E-state index contributed by atoms with van der Waals surface area (Å²) < 4.78 is 0. The molecule has 260 valence electrons. The number of unbranched alkanes of at least 4 members (excludes halogenated alkanes) is 4. The Morgan fingerprint density at radius 2 is 1.84 bits per heavy atom. The van der Waals surface area contributed by atoms with Crippen LogP contribution in [-0.4, -0.2) is 70.0 Å². The molecule has 45 heavy (non-hydrogen) atoms. The van der Waals surface area contributed by atoms with Crippen molar-refractivity contribution >= 4 is 5.97 Å². The first kappa shape index (κ1) is 36.8. The molecule has 0 spiro atoms. The molecule has 1 aliphatic heterocycles. The molecule has 0 aromatic rings. The molecular weight excluding hydrogens is 566 g/mol. The number of aliphatic carboxylic acids is 1. The highest BCUT2D eigenvalue weighted by Crippen LogP contribution is 2.56. The second kappa shape index (κ2) is 17.9. The number of carbonyl (C=O) groups is 1. The third-order valence-corrected chi connectivity index (χ3v) is 12.3. The number of nitrogens with two attached hydrogens (primary N) is 1. The third kappa shape index (κ3) is 10.2. The Hall–Kier alpha value is -1.03. The number of aliphatic hydroxyl groups is 3. The van der Waals surface area contributed by atoms with E-state index in [0.717, 1.165) is 96.7 Å². The van der Waals surface area contributed by atoms with E-state index in [4.69, 9.17) is 5.73 Å². The van der Waals surface area contributed by atoms with Crippen LogP contribution in [0.1, 0.15) is 123 Å². The van der Waals surface area contributed by atoms with Crippen molar-refractivity contribution in [2.75, 3.05) is 19.6 Å². The molecule has 1 saturated heterocycles. The van der Waals surface area contributed by atoms with Gasteiger partial charge in [0.1, 0.15) is 0 Å². The highest BCUT2D eigenvalue weighted by atomic mass is 16.4. The molecule has 1 heterocycles. The fourth-order valence-corrected chi connectivity index (χ4v) is 9.83. The van der Waals surface area contributed by atoms with Gasteiger partial charge >= 0.3 is 5.97 Å². The quantitative estimate of drug-likeness (QED) is 0.0805. The second-order valence-corrected chi connectivity index (χ2v) is 15.6. The Kier molecular flexibility index (Phi) is 14.7. The summed E-state index contributed by atoms with van der Waals surface area (Å²) >= 11 is 0. The van der Waals surface area contributed by atoms with Gasteiger partial charge < -0.3 is 36.8 Å². The van der Waals surface area contributed by atoms with E-state index in [9.17, 15) is 25.2 Å². The fourth-order valence-electron chi connectivity index (χ4n) is 9.83. The highest BCUT2D eigenvalue weighted by molar-refractivity contribution is 5.70. The maximum atomic E-state index is 12.4. The standard InChI is InChI=1S/C37H67N3O5/c1-3-5-7-10-25-13-14-27(33(41)20-25)11-8-6-9-12-30(36(43)44)35(42)28-15-16-32-31(19-26-17-18-40-34(38)21-26)29(24-39-4-2)23-37(32,45)22-28/h13-14,25-35,39-42,45H,3-12,15-24,38H2,1-2H3,(H,43,44)/t25-,26?,27+,28-,29+,30-,31+,32+,33+,34?,35+,37-/m0/s1. The van der Waals surface area contributed by atoms with Crippen LogP contribution in [0.25, 0.3) is 0 Å². The third-order valence-electron chi connectivity index (χ3n) is 12.3. The molecule has 0 bridgehead atoms. The lowest BCUT2D eigenvalue weighted by atomic mass is 9.66. The first-order chi connectivity index (χ1) is 21.6. The number of piperidine rings is 1. The summed E-state index contributed by atoms with van der Waals surface area (Å²) in [4.78, 5) is 12.4. The van der Waals surface area contributed by atoms with Crippen molar-refractivity contribution in [1.29, 1.82) is 0 Å². The van der Waals surface area contributed by atoms with Crippen LogP contribution in [0.15, 0.2) is 12.2 Å². The van der Waals surface area contributed by atoms with Crippen molar-refractivity contribution in [3.8, 4) is 0 Å². The van der Waals surface area contributed by atoms with Crippen molar-refractivity contribution in [2.45, 2.75) is 147 Å². The number of hydrogen-bond acceptors (Lipinski definition) is 7. The molecule has 2 saturated carbocycles. The molecule has 3 fully saturated rings. The van der Waals surface area contributed by atoms with Gasteiger partial charge in [-0.3, -0.25) is 4.79 Å². The lowest BCUT2D eigenvalue weighted by Gasteiger charge is -2.44. The first-order valence-corrected chi connectivity index (χ1v) is 18.8. The molecular formula is C37H67N3O5. The van der Waals surface area contributed by atoms with E-state index < -0.39 is 23.6 Å². The minimum absolute atomic E-state index is 0.0543. The van der Waals surface area contributed by atoms with Crippen molar-refractivity contribution in [2.24, 2.45) is 53.1 Å². The summed E-state index contributed by atoms with van der Waals surface area (Å²) in [5.74, 6) is 0.378. The summed E-state index contributed by atoms with van der Waals surface area (Å²) in [6.07, 6.45) is 19.1. The Morgan fingerprint density at radius 3 is 2.56 bits per heavy atom. The number of carboxylic acids is 1. The lowest BCUT2D eigenvalue weighted by Crippen LogP contribution is -2.47. The molecule has 3 aliphatic carbocycles. The van der Waals surface area contributed by atoms with E-state index in [0.29, 0.717) is 36.5 Å². The van der Waals surface area contributed by atoms with Gasteiger partial charge in [0.15, 0.2) is 0 Å². The molecule has 0 aromatic heterocycles. The zero-order chi connectivity index (χ0) is 32.4. The number of aliphatic hydroxyl groups excluding tert-OH is 2. The molecule has 0 radical (unpaired) electrons. The van der Waals surface area contributed by atoms with Crippen LogP contribution in [0.5, 0.6) is 0 Å². The van der Waals surface area contributed by atoms with Crippen molar-refractivity contribution in [3.05, 3.63) is 12.2 Å². The summed E-state index contributed by atoms with van der Waals surface area (Å²) in [5, 5.41) is 51.2. The number of fused-ring (bicyclic) bond motifs is 1. The molecule has 4 aliphatic rings. The van der Waals surface area contributed by atoms with Gasteiger partial charge in [-0.1, -0.05) is 64.5 Å². The van der Waals surface area contributed by atoms with Gasteiger partial charge in [-0.25, -0.2) is 0 Å². The van der Waals surface area contributed by atoms with Gasteiger partial charge in [0.05, 0.1) is 29.9 Å². The maximum Gasteiger partial charge on any atom is 0.309 e. The Morgan fingerprint density at radius 1 is 1.04 bits per heavy atom. The normalized spacial score (nSPS) is 38.1. The summed E-state index contributed by atoms with van der Waals surface area (Å²) in [6, 6.07) is 0. The molecule has 12 atom stereocenters. The second-order valence-electron chi connectivity index (χ2n) is 15.6. The number of carboxylic acid groups (broad SMARTS) is 1. The number of nitrogens with one attached hydrogen (secondary N) is 2. The van der Waals surface area contributed by atoms with E-state index in [1.54, 1.807) is 0 Å². The van der Waals surface area contributed by atoms with E-state index in [-0.39, 0.29) is 30.0 Å². The zero-order valence-electron chi connectivity index (χ0n) is 28.4. The molecule has 0 aromatic carbocycles. The van der Waals surface area contributed by atoms with Crippen LogP contribution in [0.2, 0.25) is 0 Å². The minimum atomic E-state index is -0.936. The number of rotatable bonds is 18. The monoisotopic (exact) mass is 634 g/mol. The van der Waals surface area contributed by atoms with Crippen LogP contribution in [-0.2, 0) is 4.79 Å². The lowest BCUT2D eigenvalue weighted by molar-refractivity contribution is -0.151. The molecule has 2 unspecified atom stereocenters. The topological polar surface area (TPSA) is 148 Å². The summed E-state index contributed by atoms with van der Waals surface area (Å²) in [7, 11) is 0. The number of allylic oxidation sites excluding steroid dienone is 1. The van der Waals surface area contributed by atoms with Gasteiger partial charge in [0.2, 0.25) is 0 Å². The van der Waals surface area contributed by atoms with Gasteiger partial charge in [-0.05, 0) is 126 Å². The van der Waals surface area contributed by atoms with Gasteiger partial charge in [-0.15, -0.1) is 0 Å². The fraction of sp³-hybridized carbons (Fsp3) is 0.919. The van der Waals surface area contributed by atoms with Crippen LogP contribution in [0.3, 0.4) is 0 Å². The van der Waals surface area contributed by atoms with E-state index >= 15 is 0 Å². The van der Waals surface area contributed by atoms with Gasteiger partial charge in [0.25, 0.3) is 0 Å². The Balaban J connectivity index is 1.26. The largest absolute Gasteiger partial charge is 0.481 e. The maximum absolute atomic E-state index is 12.4. The van der Waals surface area contributed by atoms with E-state index in [1.807, 2.05) is 0 Å². The average molecular weight is 634 g/mol. The van der Waals surface area contributed by atoms with Crippen LogP contribution >= 0.6 is 0 Å². The Bertz CT molecular complexity index is 918. The van der Waals surface area contributed by atoms with Gasteiger partial charge in [-0.2, -0.15) is 0 Å². The van der Waals surface area contributed by atoms with E-state index in [2.05, 4.69) is 36.6 Å². The smallest absolute Gasteiger partial charge is 0.309 e. The Labute approximate surface area is 273 Å². The molecule has 8 N–H and O–H groups in total. The predicted molar refractivity (Wildman–Crippen MR) is 180 cm³/mol. The van der Waals surface area contributed by atoms with Crippen LogP contribution < -0.4 is 16.4 Å². The van der Waals surface area contributed by atoms with E-state index in [1.165, 1.54) is 19.3 Å². The first-order valence-electron chi connectivity index (χ1n) is 18.8. The van der Waals surface area contributed by atoms with Crippen molar-refractivity contribution in [1.82, 2.24) is 10.6 Å². The average Bonchev–Trinajstić information content (AvgIpc) is 3.28.